The van der Waals surface area contributed by atoms with Crippen LogP contribution >= 0.6 is 23.8 Å². The molecule has 5 nitrogen and oxygen atoms in total. The second-order valence-corrected chi connectivity index (χ2v) is 10.6. The van der Waals surface area contributed by atoms with Crippen LogP contribution in [0.15, 0.2) is 66.9 Å². The van der Waals surface area contributed by atoms with Crippen molar-refractivity contribution in [3.8, 4) is 5.75 Å². The molecular weight excluding hydrogens is 488 g/mol. The number of halogens is 1. The number of anilines is 2. The Labute approximate surface area is 223 Å². The molecule has 3 aromatic rings. The minimum absolute atomic E-state index is 0.0940. The van der Waals surface area contributed by atoms with Crippen LogP contribution in [-0.4, -0.2) is 29.3 Å². The lowest BCUT2D eigenvalue weighted by Crippen LogP contribution is -2.42. The first-order chi connectivity index (χ1) is 17.2. The Morgan fingerprint density at radius 1 is 1.14 bits per heavy atom. The standard InChI is InChI=1S/C29H31ClN4OS/c1-6-35-20-12-10-19(11-13-20)34-27(26(32-28(34)36)24-9-7-8-14-31-24)22-15-21-18(2)17-29(3,4)33(5)25(21)16-23(22)30/h7-17,26-27H,6H2,1-5H3,(H,32,36)/t26-,27-/m0/s1. The Morgan fingerprint density at radius 2 is 1.89 bits per heavy atom. The number of aromatic nitrogens is 1. The molecule has 2 atom stereocenters. The van der Waals surface area contributed by atoms with Gasteiger partial charge in [0, 0.05) is 35.2 Å². The van der Waals surface area contributed by atoms with Crippen molar-refractivity contribution in [1.82, 2.24) is 10.3 Å². The fourth-order valence-electron chi connectivity index (χ4n) is 5.23. The SMILES string of the molecule is CCOc1ccc(N2C(=S)N[C@@H](c3ccccn3)[C@@H]2c2cc3c(cc2Cl)N(C)C(C)(C)C=C3C)cc1. The van der Waals surface area contributed by atoms with Gasteiger partial charge in [-0.3, -0.25) is 4.98 Å². The van der Waals surface area contributed by atoms with E-state index in [9.17, 15) is 0 Å². The molecule has 7 heteroatoms. The number of thiocarbonyl (C=S) groups is 1. The zero-order valence-electron chi connectivity index (χ0n) is 21.2. The minimum atomic E-state index is -0.184. The number of fused-ring (bicyclic) bond motifs is 1. The van der Waals surface area contributed by atoms with Crippen LogP contribution < -0.4 is 19.9 Å². The topological polar surface area (TPSA) is 40.6 Å². The maximum atomic E-state index is 7.08. The summed E-state index contributed by atoms with van der Waals surface area (Å²) >= 11 is 13.0. The molecule has 0 amide bonds. The van der Waals surface area contributed by atoms with Crippen molar-refractivity contribution in [2.24, 2.45) is 0 Å². The van der Waals surface area contributed by atoms with Gasteiger partial charge in [-0.15, -0.1) is 0 Å². The predicted molar refractivity (Wildman–Crippen MR) is 153 cm³/mol. The van der Waals surface area contributed by atoms with E-state index in [0.29, 0.717) is 16.7 Å². The van der Waals surface area contributed by atoms with Crippen molar-refractivity contribution >= 4 is 45.9 Å². The Kier molecular flexibility index (Phi) is 6.43. The second kappa shape index (κ2) is 9.41. The first-order valence-corrected chi connectivity index (χ1v) is 13.0. The monoisotopic (exact) mass is 518 g/mol. The molecule has 0 saturated carbocycles. The third kappa shape index (κ3) is 4.22. The van der Waals surface area contributed by atoms with Crippen LogP contribution in [-0.2, 0) is 0 Å². The molecule has 36 heavy (non-hydrogen) atoms. The van der Waals surface area contributed by atoms with Crippen LogP contribution in [0.3, 0.4) is 0 Å². The van der Waals surface area contributed by atoms with Crippen LogP contribution in [0.5, 0.6) is 5.75 Å². The van der Waals surface area contributed by atoms with E-state index in [4.69, 9.17) is 28.6 Å². The van der Waals surface area contributed by atoms with Crippen LogP contribution in [0.25, 0.3) is 5.57 Å². The van der Waals surface area contributed by atoms with Crippen LogP contribution in [0.4, 0.5) is 11.4 Å². The van der Waals surface area contributed by atoms with Crippen molar-refractivity contribution < 1.29 is 4.74 Å². The molecule has 0 bridgehead atoms. The average Bonchev–Trinajstić information content (AvgIpc) is 3.20. The summed E-state index contributed by atoms with van der Waals surface area (Å²) in [5.74, 6) is 0.829. The normalized spacial score (nSPS) is 20.6. The summed E-state index contributed by atoms with van der Waals surface area (Å²) in [6.07, 6.45) is 4.13. The van der Waals surface area contributed by atoms with Crippen LogP contribution in [0, 0.1) is 0 Å². The molecule has 1 N–H and O–H groups in total. The fraction of sp³-hybridized carbons (Fsp3) is 0.310. The number of ether oxygens (including phenoxy) is 1. The van der Waals surface area contributed by atoms with Gasteiger partial charge in [-0.2, -0.15) is 0 Å². The lowest BCUT2D eigenvalue weighted by Gasteiger charge is -2.41. The summed E-state index contributed by atoms with van der Waals surface area (Å²) in [7, 11) is 2.12. The number of hydrogen-bond donors (Lipinski definition) is 1. The third-order valence-electron chi connectivity index (χ3n) is 7.18. The van der Waals surface area contributed by atoms with Crippen molar-refractivity contribution in [3.05, 3.63) is 88.7 Å². The number of rotatable bonds is 5. The summed E-state index contributed by atoms with van der Waals surface area (Å²) in [5, 5.41) is 4.87. The summed E-state index contributed by atoms with van der Waals surface area (Å²) < 4.78 is 5.66. The smallest absolute Gasteiger partial charge is 0.174 e. The zero-order chi connectivity index (χ0) is 25.6. The van der Waals surface area contributed by atoms with E-state index in [0.717, 1.165) is 28.4 Å². The molecule has 0 aliphatic carbocycles. The molecule has 1 fully saturated rings. The first-order valence-electron chi connectivity index (χ1n) is 12.2. The van der Waals surface area contributed by atoms with Gasteiger partial charge in [-0.1, -0.05) is 23.7 Å². The summed E-state index contributed by atoms with van der Waals surface area (Å²) in [4.78, 5) is 9.10. The minimum Gasteiger partial charge on any atom is -0.494 e. The lowest BCUT2D eigenvalue weighted by atomic mass is 9.86. The van der Waals surface area contributed by atoms with Gasteiger partial charge in [0.2, 0.25) is 0 Å². The Hall–Kier alpha value is -3.09. The van der Waals surface area contributed by atoms with Crippen LogP contribution in [0.2, 0.25) is 5.02 Å². The Morgan fingerprint density at radius 3 is 2.56 bits per heavy atom. The highest BCUT2D eigenvalue weighted by Crippen LogP contribution is 2.48. The van der Waals surface area contributed by atoms with E-state index in [-0.39, 0.29) is 17.6 Å². The van der Waals surface area contributed by atoms with Crippen molar-refractivity contribution in [2.45, 2.75) is 45.3 Å². The van der Waals surface area contributed by atoms with Gasteiger partial charge in [-0.05, 0) is 99.6 Å². The molecule has 0 radical (unpaired) electrons. The van der Waals surface area contributed by atoms with E-state index in [1.807, 2.05) is 55.6 Å². The van der Waals surface area contributed by atoms with E-state index in [1.165, 1.54) is 11.1 Å². The molecule has 5 rings (SSSR count). The van der Waals surface area contributed by atoms with Crippen molar-refractivity contribution in [3.63, 3.8) is 0 Å². The highest BCUT2D eigenvalue weighted by Gasteiger charge is 2.42. The number of pyridine rings is 1. The molecule has 186 valence electrons. The predicted octanol–water partition coefficient (Wildman–Crippen LogP) is 6.94. The molecular formula is C29H31ClN4OS. The quantitative estimate of drug-likeness (QED) is 0.369. The van der Waals surface area contributed by atoms with Crippen molar-refractivity contribution in [1.29, 1.82) is 0 Å². The van der Waals surface area contributed by atoms with Crippen LogP contribution in [0.1, 0.15) is 56.6 Å². The zero-order valence-corrected chi connectivity index (χ0v) is 22.8. The van der Waals surface area contributed by atoms with Gasteiger partial charge < -0.3 is 19.9 Å². The molecule has 1 saturated heterocycles. The molecule has 2 aliphatic heterocycles. The van der Waals surface area contributed by atoms with Gasteiger partial charge >= 0.3 is 0 Å². The number of benzene rings is 2. The Bertz CT molecular complexity index is 1320. The van der Waals surface area contributed by atoms with E-state index in [2.05, 4.69) is 66.1 Å². The Balaban J connectivity index is 1.66. The maximum absolute atomic E-state index is 7.08. The van der Waals surface area contributed by atoms with Gasteiger partial charge in [0.15, 0.2) is 5.11 Å². The van der Waals surface area contributed by atoms with E-state index >= 15 is 0 Å². The van der Waals surface area contributed by atoms with Gasteiger partial charge in [0.25, 0.3) is 0 Å². The number of likely N-dealkylation sites (N-methyl/N-ethyl adjacent to an activating group) is 1. The largest absolute Gasteiger partial charge is 0.494 e. The maximum Gasteiger partial charge on any atom is 0.174 e. The average molecular weight is 519 g/mol. The van der Waals surface area contributed by atoms with Gasteiger partial charge in [0.1, 0.15) is 5.75 Å². The summed E-state index contributed by atoms with van der Waals surface area (Å²) in [6.45, 7) is 9.20. The summed E-state index contributed by atoms with van der Waals surface area (Å²) in [5.41, 5.74) is 6.35. The fourth-order valence-corrected chi connectivity index (χ4v) is 5.85. The molecule has 3 heterocycles. The molecule has 1 aromatic heterocycles. The first kappa shape index (κ1) is 24.6. The number of nitrogens with one attached hydrogen (secondary N) is 1. The number of nitrogens with zero attached hydrogens (tertiary/aromatic N) is 3. The third-order valence-corrected chi connectivity index (χ3v) is 7.82. The highest BCUT2D eigenvalue weighted by molar-refractivity contribution is 7.80. The number of hydrogen-bond acceptors (Lipinski definition) is 4. The highest BCUT2D eigenvalue weighted by atomic mass is 35.5. The number of allylic oxidation sites excluding steroid dienone is 1. The van der Waals surface area contributed by atoms with Gasteiger partial charge in [0.05, 0.1) is 29.9 Å². The molecule has 2 aromatic carbocycles. The van der Waals surface area contributed by atoms with Crippen molar-refractivity contribution in [2.75, 3.05) is 23.5 Å². The molecule has 0 unspecified atom stereocenters. The molecule has 2 aliphatic rings. The van der Waals surface area contributed by atoms with E-state index in [1.54, 1.807) is 0 Å². The lowest BCUT2D eigenvalue weighted by molar-refractivity contribution is 0.340. The second-order valence-electron chi connectivity index (χ2n) is 9.85. The van der Waals surface area contributed by atoms with Gasteiger partial charge in [-0.25, -0.2) is 0 Å². The summed E-state index contributed by atoms with van der Waals surface area (Å²) in [6, 6.07) is 18.0. The molecule has 0 spiro atoms. The van der Waals surface area contributed by atoms with E-state index < -0.39 is 0 Å².